The highest BCUT2D eigenvalue weighted by molar-refractivity contribution is 6.12. The molecule has 0 amide bonds. The third-order valence-electron chi connectivity index (χ3n) is 3.47. The standard InChI is InChI=1S/C14H10N2O2/c1-7-11-12-8-4-2-3-5-9(8)16-10(12)6-15-13(11)14(17)18-7/h2-7,16H,1H3/t7-/m1/s1. The molecule has 88 valence electrons. The van der Waals surface area contributed by atoms with Crippen molar-refractivity contribution in [1.82, 2.24) is 9.97 Å². The third-order valence-corrected chi connectivity index (χ3v) is 3.47. The van der Waals surface area contributed by atoms with E-state index in [0.29, 0.717) is 5.69 Å². The second kappa shape index (κ2) is 3.10. The average Bonchev–Trinajstić information content (AvgIpc) is 2.87. The number of ether oxygens (including phenoxy) is 1. The highest BCUT2D eigenvalue weighted by Gasteiger charge is 2.32. The first-order valence-corrected chi connectivity index (χ1v) is 5.86. The molecular weight excluding hydrogens is 228 g/mol. The van der Waals surface area contributed by atoms with Crippen molar-refractivity contribution in [3.63, 3.8) is 0 Å². The van der Waals surface area contributed by atoms with E-state index in [1.54, 1.807) is 6.20 Å². The van der Waals surface area contributed by atoms with Gasteiger partial charge in [0.05, 0.1) is 11.7 Å². The van der Waals surface area contributed by atoms with Gasteiger partial charge in [-0.1, -0.05) is 18.2 Å². The van der Waals surface area contributed by atoms with Crippen LogP contribution in [-0.2, 0) is 4.74 Å². The second-order valence-corrected chi connectivity index (χ2v) is 4.53. The maximum absolute atomic E-state index is 11.7. The van der Waals surface area contributed by atoms with Crippen molar-refractivity contribution < 1.29 is 9.53 Å². The van der Waals surface area contributed by atoms with Gasteiger partial charge in [-0.3, -0.25) is 0 Å². The van der Waals surface area contributed by atoms with Gasteiger partial charge in [-0.15, -0.1) is 0 Å². The Morgan fingerprint density at radius 2 is 2.11 bits per heavy atom. The molecule has 0 radical (unpaired) electrons. The molecule has 4 rings (SSSR count). The lowest BCUT2D eigenvalue weighted by molar-refractivity contribution is 0.0419. The number of pyridine rings is 1. The van der Waals surface area contributed by atoms with E-state index in [1.807, 2.05) is 31.2 Å². The Hall–Kier alpha value is -2.36. The molecule has 1 N–H and O–H groups in total. The number of nitrogens with zero attached hydrogens (tertiary/aromatic N) is 1. The highest BCUT2D eigenvalue weighted by Crippen LogP contribution is 2.38. The molecule has 1 aliphatic heterocycles. The Bertz CT molecular complexity index is 804. The van der Waals surface area contributed by atoms with Crippen molar-refractivity contribution in [3.8, 4) is 0 Å². The van der Waals surface area contributed by atoms with E-state index in [-0.39, 0.29) is 12.1 Å². The van der Waals surface area contributed by atoms with Crippen LogP contribution in [0.5, 0.6) is 0 Å². The van der Waals surface area contributed by atoms with Gasteiger partial charge in [0, 0.05) is 21.9 Å². The molecular formula is C14H10N2O2. The molecule has 0 bridgehead atoms. The summed E-state index contributed by atoms with van der Waals surface area (Å²) in [5.74, 6) is -0.329. The summed E-state index contributed by atoms with van der Waals surface area (Å²) in [6.07, 6.45) is 1.47. The summed E-state index contributed by atoms with van der Waals surface area (Å²) < 4.78 is 5.24. The SMILES string of the molecule is C[C@H]1OC(=O)c2ncc3[nH]c4ccccc4c3c21. The number of nitrogens with one attached hydrogen (secondary N) is 1. The maximum Gasteiger partial charge on any atom is 0.357 e. The van der Waals surface area contributed by atoms with Crippen LogP contribution in [0.4, 0.5) is 0 Å². The van der Waals surface area contributed by atoms with E-state index in [9.17, 15) is 4.79 Å². The lowest BCUT2D eigenvalue weighted by atomic mass is 10.0. The zero-order valence-electron chi connectivity index (χ0n) is 9.73. The van der Waals surface area contributed by atoms with Gasteiger partial charge in [0.1, 0.15) is 6.10 Å². The number of aromatic nitrogens is 2. The van der Waals surface area contributed by atoms with E-state index < -0.39 is 0 Å². The molecule has 0 fully saturated rings. The first-order chi connectivity index (χ1) is 8.75. The predicted octanol–water partition coefficient (Wildman–Crippen LogP) is 2.95. The maximum atomic E-state index is 11.7. The molecule has 0 saturated carbocycles. The molecule has 18 heavy (non-hydrogen) atoms. The lowest BCUT2D eigenvalue weighted by Gasteiger charge is -2.03. The van der Waals surface area contributed by atoms with Crippen molar-refractivity contribution in [2.75, 3.05) is 0 Å². The van der Waals surface area contributed by atoms with Gasteiger partial charge in [0.25, 0.3) is 0 Å². The topological polar surface area (TPSA) is 55.0 Å². The summed E-state index contributed by atoms with van der Waals surface area (Å²) in [5, 5.41) is 2.16. The van der Waals surface area contributed by atoms with E-state index >= 15 is 0 Å². The third kappa shape index (κ3) is 1.05. The van der Waals surface area contributed by atoms with Gasteiger partial charge in [-0.05, 0) is 13.0 Å². The number of aromatic amines is 1. The predicted molar refractivity (Wildman–Crippen MR) is 67.4 cm³/mol. The number of esters is 1. The molecule has 0 aliphatic carbocycles. The fraction of sp³-hybridized carbons (Fsp3) is 0.143. The number of carbonyl (C=O) groups excluding carboxylic acids is 1. The van der Waals surface area contributed by atoms with Crippen molar-refractivity contribution >= 4 is 27.8 Å². The summed E-state index contributed by atoms with van der Waals surface area (Å²) in [4.78, 5) is 19.2. The van der Waals surface area contributed by atoms with E-state index in [0.717, 1.165) is 27.4 Å². The molecule has 4 nitrogen and oxygen atoms in total. The number of cyclic esters (lactones) is 1. The Labute approximate surface area is 103 Å². The smallest absolute Gasteiger partial charge is 0.357 e. The van der Waals surface area contributed by atoms with Crippen molar-refractivity contribution in [2.24, 2.45) is 0 Å². The molecule has 1 aromatic carbocycles. The molecule has 1 aliphatic rings. The zero-order chi connectivity index (χ0) is 12.3. The number of rotatable bonds is 0. The first-order valence-electron chi connectivity index (χ1n) is 5.86. The van der Waals surface area contributed by atoms with Crippen molar-refractivity contribution in [3.05, 3.63) is 41.7 Å². The van der Waals surface area contributed by atoms with E-state index in [1.165, 1.54) is 0 Å². The van der Waals surface area contributed by atoms with Gasteiger partial charge in [0.2, 0.25) is 0 Å². The first kappa shape index (κ1) is 9.65. The summed E-state index contributed by atoms with van der Waals surface area (Å²) in [7, 11) is 0. The number of hydrogen-bond donors (Lipinski definition) is 1. The average molecular weight is 238 g/mol. The Morgan fingerprint density at radius 1 is 1.28 bits per heavy atom. The molecule has 0 spiro atoms. The number of H-pyrrole nitrogens is 1. The molecule has 3 heterocycles. The summed E-state index contributed by atoms with van der Waals surface area (Å²) >= 11 is 0. The lowest BCUT2D eigenvalue weighted by Crippen LogP contribution is -1.96. The molecule has 0 unspecified atom stereocenters. The summed E-state index contributed by atoms with van der Waals surface area (Å²) in [5.41, 5.74) is 3.34. The highest BCUT2D eigenvalue weighted by atomic mass is 16.5. The Kier molecular flexibility index (Phi) is 1.66. The van der Waals surface area contributed by atoms with Crippen LogP contribution >= 0.6 is 0 Å². The van der Waals surface area contributed by atoms with Gasteiger partial charge < -0.3 is 9.72 Å². The van der Waals surface area contributed by atoms with Crippen LogP contribution in [0.15, 0.2) is 30.5 Å². The summed E-state index contributed by atoms with van der Waals surface area (Å²) in [6.45, 7) is 1.88. The van der Waals surface area contributed by atoms with Gasteiger partial charge >= 0.3 is 5.97 Å². The minimum absolute atomic E-state index is 0.233. The van der Waals surface area contributed by atoms with Crippen LogP contribution in [0.1, 0.15) is 29.1 Å². The van der Waals surface area contributed by atoms with E-state index in [2.05, 4.69) is 9.97 Å². The van der Waals surface area contributed by atoms with Crippen molar-refractivity contribution in [1.29, 1.82) is 0 Å². The summed E-state index contributed by atoms with van der Waals surface area (Å²) in [6, 6.07) is 8.04. The van der Waals surface area contributed by atoms with Crippen LogP contribution in [0, 0.1) is 0 Å². The van der Waals surface area contributed by atoms with Gasteiger partial charge in [-0.25, -0.2) is 9.78 Å². The van der Waals surface area contributed by atoms with Crippen molar-refractivity contribution in [2.45, 2.75) is 13.0 Å². The fourth-order valence-corrected chi connectivity index (χ4v) is 2.70. The number of para-hydroxylation sites is 1. The molecule has 2 aromatic heterocycles. The fourth-order valence-electron chi connectivity index (χ4n) is 2.70. The van der Waals surface area contributed by atoms with Crippen LogP contribution < -0.4 is 0 Å². The van der Waals surface area contributed by atoms with Crippen LogP contribution in [0.25, 0.3) is 21.8 Å². The molecule has 3 aromatic rings. The minimum Gasteiger partial charge on any atom is -0.453 e. The van der Waals surface area contributed by atoms with Crippen LogP contribution in [0.2, 0.25) is 0 Å². The van der Waals surface area contributed by atoms with Gasteiger partial charge in [0.15, 0.2) is 5.69 Å². The zero-order valence-corrected chi connectivity index (χ0v) is 9.73. The Morgan fingerprint density at radius 3 is 3.00 bits per heavy atom. The van der Waals surface area contributed by atoms with Gasteiger partial charge in [-0.2, -0.15) is 0 Å². The largest absolute Gasteiger partial charge is 0.453 e. The molecule has 0 saturated heterocycles. The van der Waals surface area contributed by atoms with Crippen LogP contribution in [-0.4, -0.2) is 15.9 Å². The number of benzene rings is 1. The second-order valence-electron chi connectivity index (χ2n) is 4.53. The number of fused-ring (bicyclic) bond motifs is 5. The monoisotopic (exact) mass is 238 g/mol. The molecule has 1 atom stereocenters. The van der Waals surface area contributed by atoms with Crippen LogP contribution in [0.3, 0.4) is 0 Å². The van der Waals surface area contributed by atoms with E-state index in [4.69, 9.17) is 4.74 Å². The minimum atomic E-state index is -0.329. The number of hydrogen-bond acceptors (Lipinski definition) is 3. The quantitative estimate of drug-likeness (QED) is 0.612. The number of carbonyl (C=O) groups is 1. The molecule has 4 heteroatoms. The normalized spacial score (nSPS) is 18.3. The Balaban J connectivity index is 2.26.